The quantitative estimate of drug-likeness (QED) is 0.633. The zero-order chi connectivity index (χ0) is 15.2. The molecule has 0 unspecified atom stereocenters. The van der Waals surface area contributed by atoms with Gasteiger partial charge in [-0.15, -0.1) is 0 Å². The van der Waals surface area contributed by atoms with Crippen LogP contribution in [0.4, 0.5) is 39.5 Å². The van der Waals surface area contributed by atoms with Crippen molar-refractivity contribution in [1.29, 1.82) is 0 Å². The Morgan fingerprint density at radius 3 is 1.58 bits per heavy atom. The van der Waals surface area contributed by atoms with Gasteiger partial charge in [-0.25, -0.2) is 5.32 Å². The van der Waals surface area contributed by atoms with Gasteiger partial charge < -0.3 is 0 Å². The van der Waals surface area contributed by atoms with E-state index in [4.69, 9.17) is 0 Å². The number of rotatable bonds is 0. The van der Waals surface area contributed by atoms with Crippen molar-refractivity contribution < 1.29 is 44.3 Å². The van der Waals surface area contributed by atoms with E-state index in [0.717, 1.165) is 0 Å². The van der Waals surface area contributed by atoms with Crippen LogP contribution in [-0.2, 0) is 4.79 Å². The van der Waals surface area contributed by atoms with Gasteiger partial charge in [-0.1, -0.05) is 0 Å². The van der Waals surface area contributed by atoms with Crippen molar-refractivity contribution >= 4 is 5.91 Å². The molecule has 0 aromatic heterocycles. The molecule has 0 aromatic rings. The molecule has 1 rings (SSSR count). The highest BCUT2D eigenvalue weighted by atomic mass is 19.4. The van der Waals surface area contributed by atoms with Gasteiger partial charge in [0.15, 0.2) is 5.70 Å². The van der Waals surface area contributed by atoms with Gasteiger partial charge in [-0.3, -0.25) is 4.79 Å². The summed E-state index contributed by atoms with van der Waals surface area (Å²) in [6, 6.07) is 0. The second-order valence-corrected chi connectivity index (χ2v) is 3.13. The first-order valence-corrected chi connectivity index (χ1v) is 4.10. The van der Waals surface area contributed by atoms with Gasteiger partial charge in [0.25, 0.3) is 5.91 Å². The van der Waals surface area contributed by atoms with E-state index in [1.54, 1.807) is 0 Å². The van der Waals surface area contributed by atoms with Crippen LogP contribution in [0, 0.1) is 6.08 Å². The summed E-state index contributed by atoms with van der Waals surface area (Å²) in [5.41, 5.74) is -8.85. The molecule has 0 N–H and O–H groups in total. The molecule has 0 atom stereocenters. The van der Waals surface area contributed by atoms with Crippen LogP contribution in [-0.4, -0.2) is 24.4 Å². The van der Waals surface area contributed by atoms with Gasteiger partial charge in [0.1, 0.15) is 0 Å². The highest BCUT2D eigenvalue weighted by Crippen LogP contribution is 2.45. The standard InChI is InChI=1S/C8F9NO/c9-6(10,11)2-1-3(19)18-5(8(15,16)17)4(2)7(12,13)14. The molecule has 0 spiro atoms. The summed E-state index contributed by atoms with van der Waals surface area (Å²) in [6.07, 6.45) is -17.1. The van der Waals surface area contributed by atoms with Crippen LogP contribution in [0.1, 0.15) is 0 Å². The maximum absolute atomic E-state index is 12.3. The largest absolute Gasteiger partial charge is 0.434 e. The zero-order valence-electron chi connectivity index (χ0n) is 8.26. The molecule has 2 nitrogen and oxygen atoms in total. The van der Waals surface area contributed by atoms with Gasteiger partial charge in [0.2, 0.25) is 0 Å². The fourth-order valence-corrected chi connectivity index (χ4v) is 1.17. The number of allylic oxidation sites excluding steroid dienone is 3. The summed E-state index contributed by atoms with van der Waals surface area (Å²) >= 11 is 0. The second kappa shape index (κ2) is 4.17. The third-order valence-electron chi connectivity index (χ3n) is 1.77. The Kier molecular flexibility index (Phi) is 3.37. The van der Waals surface area contributed by atoms with E-state index in [9.17, 15) is 44.3 Å². The van der Waals surface area contributed by atoms with Crippen molar-refractivity contribution in [1.82, 2.24) is 5.32 Å². The molecule has 1 aliphatic rings. The minimum absolute atomic E-state index is 0.623. The minimum atomic E-state index is -5.99. The van der Waals surface area contributed by atoms with Gasteiger partial charge in [-0.2, -0.15) is 39.5 Å². The molecule has 106 valence electrons. The lowest BCUT2D eigenvalue weighted by Gasteiger charge is -2.24. The summed E-state index contributed by atoms with van der Waals surface area (Å²) in [5, 5.41) is 1.93. The SMILES string of the molecule is O=C1[C]=C(C(F)(F)F)C(C(F)(F)F)=C(C(F)(F)F)[N]1. The van der Waals surface area contributed by atoms with Crippen molar-refractivity contribution in [2.75, 3.05) is 0 Å². The van der Waals surface area contributed by atoms with Crippen LogP contribution < -0.4 is 5.32 Å². The number of hydrogen-bond acceptors (Lipinski definition) is 1. The molecule has 1 heterocycles. The maximum atomic E-state index is 12.3. The van der Waals surface area contributed by atoms with Crippen LogP contribution >= 0.6 is 0 Å². The first-order chi connectivity index (χ1) is 8.24. The smallest absolute Gasteiger partial charge is 0.267 e. The predicted octanol–water partition coefficient (Wildman–Crippen LogP) is 2.80. The van der Waals surface area contributed by atoms with Crippen molar-refractivity contribution in [3.63, 3.8) is 0 Å². The number of carbonyl (C=O) groups is 1. The Bertz CT molecular complexity index is 462. The maximum Gasteiger partial charge on any atom is 0.434 e. The molecule has 1 aliphatic heterocycles. The fraction of sp³-hybridized carbons (Fsp3) is 0.375. The predicted molar refractivity (Wildman–Crippen MR) is 39.1 cm³/mol. The summed E-state index contributed by atoms with van der Waals surface area (Å²) in [4.78, 5) is 10.5. The van der Waals surface area contributed by atoms with E-state index in [0.29, 0.717) is 6.08 Å². The van der Waals surface area contributed by atoms with Crippen LogP contribution in [0.3, 0.4) is 0 Å². The molecule has 1 amide bonds. The Morgan fingerprint density at radius 2 is 1.26 bits per heavy atom. The molecule has 2 radical (unpaired) electrons. The Hall–Kier alpha value is -1.68. The lowest BCUT2D eigenvalue weighted by Crippen LogP contribution is -2.38. The first-order valence-electron chi connectivity index (χ1n) is 4.10. The van der Waals surface area contributed by atoms with E-state index in [-0.39, 0.29) is 0 Å². The number of halogens is 9. The van der Waals surface area contributed by atoms with Gasteiger partial charge in [0.05, 0.1) is 17.2 Å². The fourth-order valence-electron chi connectivity index (χ4n) is 1.17. The number of nitrogens with zero attached hydrogens (tertiary/aromatic N) is 1. The van der Waals surface area contributed by atoms with Crippen molar-refractivity contribution in [2.24, 2.45) is 0 Å². The Balaban J connectivity index is 3.62. The normalized spacial score (nSPS) is 18.4. The monoisotopic (exact) mass is 297 g/mol. The lowest BCUT2D eigenvalue weighted by atomic mass is 9.98. The van der Waals surface area contributed by atoms with Crippen molar-refractivity contribution in [3.05, 3.63) is 22.9 Å². The Morgan fingerprint density at radius 1 is 0.789 bits per heavy atom. The molecule has 0 bridgehead atoms. The summed E-state index contributed by atoms with van der Waals surface area (Å²) < 4.78 is 111. The van der Waals surface area contributed by atoms with Gasteiger partial charge in [0, 0.05) is 0 Å². The van der Waals surface area contributed by atoms with Crippen molar-refractivity contribution in [2.45, 2.75) is 18.5 Å². The summed E-state index contributed by atoms with van der Waals surface area (Å²) in [5.74, 6) is -2.19. The van der Waals surface area contributed by atoms with E-state index in [1.165, 1.54) is 0 Å². The first kappa shape index (κ1) is 15.4. The van der Waals surface area contributed by atoms with Gasteiger partial charge in [-0.05, 0) is 0 Å². The molecule has 0 saturated heterocycles. The number of amides is 1. The number of hydrogen-bond donors (Lipinski definition) is 0. The molecule has 0 saturated carbocycles. The average molecular weight is 297 g/mol. The highest BCUT2D eigenvalue weighted by Gasteiger charge is 2.56. The second-order valence-electron chi connectivity index (χ2n) is 3.13. The molecular formula is C8F9NO. The Labute approximate surface area is 98.1 Å². The van der Waals surface area contributed by atoms with Crippen LogP contribution in [0.15, 0.2) is 16.8 Å². The van der Waals surface area contributed by atoms with E-state index in [1.807, 2.05) is 5.32 Å². The van der Waals surface area contributed by atoms with E-state index >= 15 is 0 Å². The highest BCUT2D eigenvalue weighted by molar-refractivity contribution is 5.88. The zero-order valence-corrected chi connectivity index (χ0v) is 8.26. The average Bonchev–Trinajstić information content (AvgIpc) is 2.11. The molecule has 19 heavy (non-hydrogen) atoms. The lowest BCUT2D eigenvalue weighted by molar-refractivity contribution is -0.139. The van der Waals surface area contributed by atoms with E-state index in [2.05, 4.69) is 0 Å². The third kappa shape index (κ3) is 3.20. The molecule has 0 aliphatic carbocycles. The third-order valence-corrected chi connectivity index (χ3v) is 1.77. The van der Waals surface area contributed by atoms with Crippen LogP contribution in [0.2, 0.25) is 0 Å². The van der Waals surface area contributed by atoms with E-state index < -0.39 is 41.3 Å². The summed E-state index contributed by atoms with van der Waals surface area (Å²) in [7, 11) is 0. The molecule has 0 aromatic carbocycles. The minimum Gasteiger partial charge on any atom is -0.267 e. The van der Waals surface area contributed by atoms with Crippen LogP contribution in [0.25, 0.3) is 0 Å². The number of carbonyl (C=O) groups excluding carboxylic acids is 1. The number of alkyl halides is 9. The van der Waals surface area contributed by atoms with Crippen molar-refractivity contribution in [3.8, 4) is 0 Å². The summed E-state index contributed by atoms with van der Waals surface area (Å²) in [6.45, 7) is 0. The topological polar surface area (TPSA) is 31.2 Å². The molecular weight excluding hydrogens is 297 g/mol. The molecule has 0 fully saturated rings. The van der Waals surface area contributed by atoms with Gasteiger partial charge >= 0.3 is 18.5 Å². The van der Waals surface area contributed by atoms with Crippen LogP contribution in [0.5, 0.6) is 0 Å². The molecule has 11 heteroatoms.